The van der Waals surface area contributed by atoms with Crippen molar-refractivity contribution in [1.82, 2.24) is 19.3 Å². The predicted molar refractivity (Wildman–Crippen MR) is 92.6 cm³/mol. The minimum absolute atomic E-state index is 0.00101. The van der Waals surface area contributed by atoms with E-state index in [0.717, 1.165) is 18.7 Å². The summed E-state index contributed by atoms with van der Waals surface area (Å²) in [6, 6.07) is 0.435. The second kappa shape index (κ2) is 6.83. The Morgan fingerprint density at radius 1 is 1.46 bits per heavy atom. The molecule has 0 fully saturated rings. The van der Waals surface area contributed by atoms with Crippen molar-refractivity contribution >= 4 is 17.6 Å². The summed E-state index contributed by atoms with van der Waals surface area (Å²) in [5.74, 6) is -0.478. The smallest absolute Gasteiger partial charge is 0.347 e. The highest BCUT2D eigenvalue weighted by Crippen LogP contribution is 2.25. The van der Waals surface area contributed by atoms with E-state index in [9.17, 15) is 14.0 Å². The lowest BCUT2D eigenvalue weighted by Crippen LogP contribution is -2.38. The van der Waals surface area contributed by atoms with Crippen molar-refractivity contribution in [2.24, 2.45) is 0 Å². The van der Waals surface area contributed by atoms with Gasteiger partial charge in [0.25, 0.3) is 0 Å². The summed E-state index contributed by atoms with van der Waals surface area (Å²) in [5.41, 5.74) is -0.739. The van der Waals surface area contributed by atoms with Crippen molar-refractivity contribution in [1.29, 1.82) is 0 Å². The Balaban J connectivity index is 1.92. The average Bonchev–Trinajstić information content (AvgIpc) is 2.85. The highest BCUT2D eigenvalue weighted by atomic mass is 35.5. The molecule has 0 radical (unpaired) electrons. The Morgan fingerprint density at radius 2 is 2.19 bits per heavy atom. The second-order valence-corrected chi connectivity index (χ2v) is 7.66. The molecule has 9 heteroatoms. The van der Waals surface area contributed by atoms with Crippen molar-refractivity contribution in [2.75, 3.05) is 0 Å². The van der Waals surface area contributed by atoms with E-state index < -0.39 is 29.1 Å². The molecule has 0 bridgehead atoms. The molecule has 26 heavy (non-hydrogen) atoms. The number of hydrogen-bond donors (Lipinski definition) is 0. The zero-order chi connectivity index (χ0) is 19.1. The van der Waals surface area contributed by atoms with Gasteiger partial charge in [-0.15, -0.1) is 0 Å². The van der Waals surface area contributed by atoms with Gasteiger partial charge < -0.3 is 4.74 Å². The number of pyridine rings is 1. The van der Waals surface area contributed by atoms with Crippen molar-refractivity contribution in [2.45, 2.75) is 58.2 Å². The van der Waals surface area contributed by atoms with Crippen molar-refractivity contribution in [3.05, 3.63) is 45.1 Å². The Morgan fingerprint density at radius 3 is 2.85 bits per heavy atom. The average molecular weight is 383 g/mol. The van der Waals surface area contributed by atoms with E-state index in [1.54, 1.807) is 20.8 Å². The molecule has 3 rings (SSSR count). The van der Waals surface area contributed by atoms with E-state index in [-0.39, 0.29) is 11.6 Å². The van der Waals surface area contributed by atoms with Gasteiger partial charge in [-0.2, -0.15) is 5.10 Å². The quantitative estimate of drug-likeness (QED) is 0.762. The molecule has 2 aromatic rings. The zero-order valence-electron chi connectivity index (χ0n) is 14.8. The fourth-order valence-corrected chi connectivity index (χ4v) is 3.14. The molecule has 7 nitrogen and oxygen atoms in total. The van der Waals surface area contributed by atoms with Crippen molar-refractivity contribution < 1.29 is 13.9 Å². The zero-order valence-corrected chi connectivity index (χ0v) is 15.6. The molecule has 1 aliphatic heterocycles. The third kappa shape index (κ3) is 3.80. The first-order chi connectivity index (χ1) is 12.2. The SMILES string of the molecule is CC(C)(C)OC(=O)[C@@H]1CCCc2nn(Cc3ncc(F)cc3Cl)c(=O)n21. The van der Waals surface area contributed by atoms with Crippen LogP contribution in [-0.2, 0) is 22.5 Å². The third-order valence-corrected chi connectivity index (χ3v) is 4.32. The van der Waals surface area contributed by atoms with Crippen LogP contribution in [0, 0.1) is 5.82 Å². The van der Waals surface area contributed by atoms with E-state index >= 15 is 0 Å². The minimum atomic E-state index is -0.698. The lowest BCUT2D eigenvalue weighted by molar-refractivity contribution is -0.159. The number of fused-ring (bicyclic) bond motifs is 1. The van der Waals surface area contributed by atoms with Gasteiger partial charge in [-0.1, -0.05) is 11.6 Å². The molecular weight excluding hydrogens is 363 g/mol. The van der Waals surface area contributed by atoms with Gasteiger partial charge in [0, 0.05) is 6.42 Å². The number of rotatable bonds is 3. The van der Waals surface area contributed by atoms with Gasteiger partial charge in [-0.05, 0) is 39.7 Å². The fraction of sp³-hybridized carbons (Fsp3) is 0.529. The lowest BCUT2D eigenvalue weighted by Gasteiger charge is -2.26. The third-order valence-electron chi connectivity index (χ3n) is 3.99. The summed E-state index contributed by atoms with van der Waals surface area (Å²) in [6.07, 6.45) is 2.87. The van der Waals surface area contributed by atoms with Crippen LogP contribution in [0.3, 0.4) is 0 Å². The number of carbonyl (C=O) groups excluding carboxylic acids is 1. The Labute approximate surface area is 154 Å². The molecule has 0 N–H and O–H groups in total. The number of aromatic nitrogens is 4. The molecule has 0 saturated carbocycles. The van der Waals surface area contributed by atoms with Gasteiger partial charge in [-0.25, -0.2) is 18.7 Å². The number of nitrogens with zero attached hydrogens (tertiary/aromatic N) is 4. The fourth-order valence-electron chi connectivity index (χ4n) is 2.93. The Hall–Kier alpha value is -2.22. The standard InChI is InChI=1S/C17H20ClFN4O3/c1-17(2,3)26-15(24)13-5-4-6-14-21-22(16(25)23(13)14)9-12-11(18)7-10(19)8-20-12/h7-8,13H,4-6,9H2,1-3H3/t13-/m0/s1. The highest BCUT2D eigenvalue weighted by molar-refractivity contribution is 6.31. The van der Waals surface area contributed by atoms with Crippen molar-refractivity contribution in [3.8, 4) is 0 Å². The summed E-state index contributed by atoms with van der Waals surface area (Å²) >= 11 is 5.98. The maximum Gasteiger partial charge on any atom is 0.347 e. The Kier molecular flexibility index (Phi) is 4.88. The van der Waals surface area contributed by atoms with Crippen LogP contribution >= 0.6 is 11.6 Å². The van der Waals surface area contributed by atoms with E-state index in [0.29, 0.717) is 24.4 Å². The second-order valence-electron chi connectivity index (χ2n) is 7.25. The molecular formula is C17H20ClFN4O3. The molecule has 0 spiro atoms. The van der Waals surface area contributed by atoms with Gasteiger partial charge in [-0.3, -0.25) is 9.55 Å². The molecule has 2 aromatic heterocycles. The monoisotopic (exact) mass is 382 g/mol. The number of esters is 1. The molecule has 0 unspecified atom stereocenters. The first kappa shape index (κ1) is 18.6. The summed E-state index contributed by atoms with van der Waals surface area (Å²) in [5, 5.41) is 4.42. The van der Waals surface area contributed by atoms with Gasteiger partial charge in [0.15, 0.2) is 0 Å². The largest absolute Gasteiger partial charge is 0.458 e. The van der Waals surface area contributed by atoms with Crippen LogP contribution in [0.25, 0.3) is 0 Å². The van der Waals surface area contributed by atoms with Crippen LogP contribution in [0.5, 0.6) is 0 Å². The Bertz CT molecular complexity index is 900. The van der Waals surface area contributed by atoms with Gasteiger partial charge in [0.2, 0.25) is 0 Å². The molecule has 3 heterocycles. The summed E-state index contributed by atoms with van der Waals surface area (Å²) in [4.78, 5) is 29.2. The molecule has 0 saturated heterocycles. The van der Waals surface area contributed by atoms with Gasteiger partial charge >= 0.3 is 11.7 Å². The van der Waals surface area contributed by atoms with Crippen LogP contribution < -0.4 is 5.69 Å². The molecule has 1 atom stereocenters. The van der Waals surface area contributed by atoms with Crippen LogP contribution in [0.4, 0.5) is 4.39 Å². The highest BCUT2D eigenvalue weighted by Gasteiger charge is 2.33. The molecule has 0 aromatic carbocycles. The van der Waals surface area contributed by atoms with E-state index in [1.807, 2.05) is 0 Å². The van der Waals surface area contributed by atoms with Crippen LogP contribution in [0.2, 0.25) is 5.02 Å². The number of ether oxygens (including phenoxy) is 1. The molecule has 140 valence electrons. The van der Waals surface area contributed by atoms with Crippen LogP contribution in [0.15, 0.2) is 17.1 Å². The van der Waals surface area contributed by atoms with Gasteiger partial charge in [0.1, 0.15) is 23.3 Å². The summed E-state index contributed by atoms with van der Waals surface area (Å²) in [6.45, 7) is 5.34. The van der Waals surface area contributed by atoms with E-state index in [2.05, 4.69) is 10.1 Å². The first-order valence-electron chi connectivity index (χ1n) is 8.37. The predicted octanol–water partition coefficient (Wildman–Crippen LogP) is 2.50. The number of hydrogen-bond acceptors (Lipinski definition) is 5. The normalized spacial score (nSPS) is 17.0. The lowest BCUT2D eigenvalue weighted by atomic mass is 10.0. The number of halogens is 2. The molecule has 1 aliphatic rings. The summed E-state index contributed by atoms with van der Waals surface area (Å²) < 4.78 is 21.2. The van der Waals surface area contributed by atoms with Gasteiger partial charge in [0.05, 0.1) is 23.5 Å². The van der Waals surface area contributed by atoms with Crippen LogP contribution in [0.1, 0.15) is 51.2 Å². The first-order valence-corrected chi connectivity index (χ1v) is 8.74. The summed E-state index contributed by atoms with van der Waals surface area (Å²) in [7, 11) is 0. The van der Waals surface area contributed by atoms with E-state index in [4.69, 9.17) is 16.3 Å². The number of aryl methyl sites for hydroxylation is 1. The maximum atomic E-state index is 13.1. The molecule has 0 amide bonds. The van der Waals surface area contributed by atoms with Crippen LogP contribution in [-0.4, -0.2) is 30.9 Å². The number of carbonyl (C=O) groups is 1. The van der Waals surface area contributed by atoms with Crippen molar-refractivity contribution in [3.63, 3.8) is 0 Å². The topological polar surface area (TPSA) is 79.0 Å². The minimum Gasteiger partial charge on any atom is -0.458 e. The molecule has 0 aliphatic carbocycles. The van der Waals surface area contributed by atoms with E-state index in [1.165, 1.54) is 9.25 Å². The maximum absolute atomic E-state index is 13.1.